The van der Waals surface area contributed by atoms with E-state index in [2.05, 4.69) is 10.6 Å². The lowest BCUT2D eigenvalue weighted by Gasteiger charge is -2.37. The molecule has 0 radical (unpaired) electrons. The summed E-state index contributed by atoms with van der Waals surface area (Å²) in [5.74, 6) is -2.71. The fraction of sp³-hybridized carbons (Fsp3) is 0.200. The smallest absolute Gasteiger partial charge is 0.265 e. The normalized spacial score (nSPS) is 15.2. The van der Waals surface area contributed by atoms with E-state index < -0.39 is 45.9 Å². The molecule has 0 bridgehead atoms. The van der Waals surface area contributed by atoms with Crippen LogP contribution < -0.4 is 14.9 Å². The molecule has 2 amide bonds. The number of sulfonamides is 1. The maximum Gasteiger partial charge on any atom is 0.265 e. The quantitative estimate of drug-likeness (QED) is 0.432. The Balaban J connectivity index is 1.72. The minimum atomic E-state index is -4.46. The van der Waals surface area contributed by atoms with Gasteiger partial charge in [-0.05, 0) is 66.9 Å². The van der Waals surface area contributed by atoms with Gasteiger partial charge in [-0.15, -0.1) is 0 Å². The van der Waals surface area contributed by atoms with Gasteiger partial charge in [0.1, 0.15) is 17.7 Å². The largest absolute Gasteiger partial charge is 0.352 e. The van der Waals surface area contributed by atoms with Gasteiger partial charge in [0.05, 0.1) is 22.7 Å². The van der Waals surface area contributed by atoms with Crippen LogP contribution in [-0.2, 0) is 26.2 Å². The average molecular weight is 568 g/mol. The first-order chi connectivity index (χ1) is 17.4. The molecule has 0 spiro atoms. The Hall–Kier alpha value is -3.21. The van der Waals surface area contributed by atoms with Crippen LogP contribution in [0.25, 0.3) is 0 Å². The van der Waals surface area contributed by atoms with Crippen molar-refractivity contribution < 1.29 is 26.8 Å². The van der Waals surface area contributed by atoms with Crippen LogP contribution in [0.2, 0.25) is 10.0 Å². The Morgan fingerprint density at radius 3 is 2.38 bits per heavy atom. The Labute approximate surface area is 222 Å². The van der Waals surface area contributed by atoms with Gasteiger partial charge in [0.2, 0.25) is 11.8 Å². The number of halogens is 4. The molecule has 0 fully saturated rings. The number of hydrogen-bond acceptors (Lipinski definition) is 4. The van der Waals surface area contributed by atoms with Gasteiger partial charge in [-0.2, -0.15) is 0 Å². The van der Waals surface area contributed by atoms with E-state index in [0.29, 0.717) is 21.7 Å². The van der Waals surface area contributed by atoms with Gasteiger partial charge in [-0.3, -0.25) is 13.9 Å². The number of carbonyl (C=O) groups excluding carboxylic acids is 2. The highest BCUT2D eigenvalue weighted by Crippen LogP contribution is 2.39. The number of hydrogen-bond donors (Lipinski definition) is 2. The molecule has 0 saturated heterocycles. The summed E-state index contributed by atoms with van der Waals surface area (Å²) in [7, 11) is -4.46. The van der Waals surface area contributed by atoms with E-state index in [4.69, 9.17) is 23.2 Å². The molecule has 194 valence electrons. The van der Waals surface area contributed by atoms with E-state index in [-0.39, 0.29) is 27.8 Å². The van der Waals surface area contributed by atoms with Gasteiger partial charge in [0.25, 0.3) is 10.0 Å². The fourth-order valence-electron chi connectivity index (χ4n) is 4.00. The zero-order chi connectivity index (χ0) is 27.1. The highest BCUT2D eigenvalue weighted by molar-refractivity contribution is 7.93. The molecular weight excluding hydrogens is 547 g/mol. The van der Waals surface area contributed by atoms with Crippen molar-refractivity contribution in [3.8, 4) is 0 Å². The van der Waals surface area contributed by atoms with E-state index in [9.17, 15) is 26.8 Å². The number of aryl methyl sites for hydroxylation is 2. The van der Waals surface area contributed by atoms with E-state index in [1.54, 1.807) is 13.8 Å². The van der Waals surface area contributed by atoms with Crippen LogP contribution >= 0.6 is 23.2 Å². The predicted octanol–water partition coefficient (Wildman–Crippen LogP) is 5.11. The van der Waals surface area contributed by atoms with Gasteiger partial charge in [0.15, 0.2) is 0 Å². The van der Waals surface area contributed by atoms with E-state index in [0.717, 1.165) is 22.5 Å². The second kappa shape index (κ2) is 10.3. The van der Waals surface area contributed by atoms with Crippen molar-refractivity contribution in [2.75, 3.05) is 9.62 Å². The first-order valence-corrected chi connectivity index (χ1v) is 13.2. The number of fused-ring (bicyclic) bond motifs is 1. The molecule has 1 heterocycles. The lowest BCUT2D eigenvalue weighted by Crippen LogP contribution is -2.52. The van der Waals surface area contributed by atoms with E-state index >= 15 is 0 Å². The standard InChI is InChI=1S/C25H21Cl2F2N3O4S/c1-13-8-23(14(2)7-18(13)26)37(35,36)32-21-10-17(29)5-6-20(21)31-25(34)22(32)11-24(33)30-12-15-3-4-16(28)9-19(15)27/h3-10,22H,11-12H2,1-2H3,(H,30,33)(H,31,34). The second-order valence-electron chi connectivity index (χ2n) is 8.55. The predicted molar refractivity (Wildman–Crippen MR) is 137 cm³/mol. The summed E-state index contributed by atoms with van der Waals surface area (Å²) < 4.78 is 56.2. The monoisotopic (exact) mass is 567 g/mol. The van der Waals surface area contributed by atoms with Crippen molar-refractivity contribution in [3.63, 3.8) is 0 Å². The maximum atomic E-state index is 14.2. The molecule has 1 atom stereocenters. The topological polar surface area (TPSA) is 95.6 Å². The summed E-state index contributed by atoms with van der Waals surface area (Å²) in [5, 5.41) is 5.56. The molecule has 3 aromatic rings. The van der Waals surface area contributed by atoms with E-state index in [1.807, 2.05) is 0 Å². The average Bonchev–Trinajstić information content (AvgIpc) is 2.81. The summed E-state index contributed by atoms with van der Waals surface area (Å²) in [6.07, 6.45) is -0.578. The van der Waals surface area contributed by atoms with Crippen molar-refractivity contribution in [2.45, 2.75) is 37.8 Å². The molecule has 12 heteroatoms. The van der Waals surface area contributed by atoms with Gasteiger partial charge in [0, 0.05) is 22.7 Å². The third-order valence-corrected chi connectivity index (χ3v) is 8.63. The van der Waals surface area contributed by atoms with Crippen LogP contribution in [0.1, 0.15) is 23.1 Å². The van der Waals surface area contributed by atoms with Crippen molar-refractivity contribution in [3.05, 3.63) is 86.9 Å². The molecule has 0 aliphatic carbocycles. The summed E-state index contributed by atoms with van der Waals surface area (Å²) in [6.45, 7) is 3.09. The molecular formula is C25H21Cl2F2N3O4S. The van der Waals surface area contributed by atoms with Crippen LogP contribution in [0, 0.1) is 25.5 Å². The third-order valence-electron chi connectivity index (χ3n) is 5.90. The van der Waals surface area contributed by atoms with Crippen LogP contribution in [-0.4, -0.2) is 26.3 Å². The number of nitrogens with one attached hydrogen (secondary N) is 2. The minimum Gasteiger partial charge on any atom is -0.352 e. The summed E-state index contributed by atoms with van der Waals surface area (Å²) in [6, 6.07) is 8.30. The number of carbonyl (C=O) groups is 2. The molecule has 0 aromatic heterocycles. The molecule has 7 nitrogen and oxygen atoms in total. The Morgan fingerprint density at radius 1 is 1.00 bits per heavy atom. The number of benzene rings is 3. The molecule has 1 aliphatic heterocycles. The first kappa shape index (κ1) is 26.8. The zero-order valence-corrected chi connectivity index (χ0v) is 21.9. The molecule has 1 aliphatic rings. The van der Waals surface area contributed by atoms with Crippen LogP contribution in [0.3, 0.4) is 0 Å². The second-order valence-corrected chi connectivity index (χ2v) is 11.1. The molecule has 37 heavy (non-hydrogen) atoms. The zero-order valence-electron chi connectivity index (χ0n) is 19.6. The van der Waals surface area contributed by atoms with Crippen LogP contribution in [0.15, 0.2) is 53.4 Å². The van der Waals surface area contributed by atoms with Crippen molar-refractivity contribution in [1.82, 2.24) is 5.32 Å². The van der Waals surface area contributed by atoms with Crippen molar-refractivity contribution in [1.29, 1.82) is 0 Å². The number of amides is 2. The van der Waals surface area contributed by atoms with Gasteiger partial charge in [-0.25, -0.2) is 17.2 Å². The lowest BCUT2D eigenvalue weighted by molar-refractivity contribution is -0.125. The number of nitrogens with zero attached hydrogens (tertiary/aromatic N) is 1. The molecule has 3 aromatic carbocycles. The lowest BCUT2D eigenvalue weighted by atomic mass is 10.1. The third kappa shape index (κ3) is 5.41. The fourth-order valence-corrected chi connectivity index (χ4v) is 6.37. The number of anilines is 2. The maximum absolute atomic E-state index is 14.2. The summed E-state index contributed by atoms with van der Waals surface area (Å²) >= 11 is 12.1. The SMILES string of the molecule is Cc1cc(S(=O)(=O)N2c3cc(F)ccc3NC(=O)C2CC(=O)NCc2ccc(F)cc2Cl)c(C)cc1Cl. The first-order valence-electron chi connectivity index (χ1n) is 11.0. The molecule has 2 N–H and O–H groups in total. The minimum absolute atomic E-state index is 0.0769. The Bertz CT molecular complexity index is 1530. The molecule has 0 saturated carbocycles. The Kier molecular flexibility index (Phi) is 7.45. The molecule has 4 rings (SSSR count). The van der Waals surface area contributed by atoms with Crippen LogP contribution in [0.4, 0.5) is 20.2 Å². The summed E-state index contributed by atoms with van der Waals surface area (Å²) in [5.41, 5.74) is 1.18. The Morgan fingerprint density at radius 2 is 1.68 bits per heavy atom. The van der Waals surface area contributed by atoms with E-state index in [1.165, 1.54) is 30.3 Å². The van der Waals surface area contributed by atoms with Crippen molar-refractivity contribution >= 4 is 56.4 Å². The van der Waals surface area contributed by atoms with Gasteiger partial charge >= 0.3 is 0 Å². The van der Waals surface area contributed by atoms with Crippen molar-refractivity contribution in [2.24, 2.45) is 0 Å². The van der Waals surface area contributed by atoms with Crippen LogP contribution in [0.5, 0.6) is 0 Å². The molecule has 1 unspecified atom stereocenters. The highest BCUT2D eigenvalue weighted by atomic mass is 35.5. The number of rotatable bonds is 6. The van der Waals surface area contributed by atoms with Gasteiger partial charge < -0.3 is 10.6 Å². The van der Waals surface area contributed by atoms with Gasteiger partial charge in [-0.1, -0.05) is 29.3 Å². The summed E-state index contributed by atoms with van der Waals surface area (Å²) in [4.78, 5) is 25.8. The highest BCUT2D eigenvalue weighted by Gasteiger charge is 2.43.